The highest BCUT2D eigenvalue weighted by Crippen LogP contribution is 2.25. The summed E-state index contributed by atoms with van der Waals surface area (Å²) >= 11 is 6.15. The van der Waals surface area contributed by atoms with E-state index in [4.69, 9.17) is 12.2 Å². The third-order valence-corrected chi connectivity index (χ3v) is 3.62. The van der Waals surface area contributed by atoms with E-state index < -0.39 is 0 Å². The number of benzene rings is 1. The molecule has 0 unspecified atom stereocenters. The van der Waals surface area contributed by atoms with Crippen molar-refractivity contribution in [3.8, 4) is 5.69 Å². The van der Waals surface area contributed by atoms with Crippen molar-refractivity contribution in [2.24, 2.45) is 0 Å². The molecule has 1 aromatic carbocycles. The standard InChI is InChI=1S/C12H8N4OS2/c17-11-10(19-12(18)13-11)6-8-7-16(15-14-8)9-4-2-1-3-5-9/h1-7H,(H,13,17,18)/b10-6+. The predicted octanol–water partition coefficient (Wildman–Crippen LogP) is 1.76. The van der Waals surface area contributed by atoms with Crippen LogP contribution in [0.5, 0.6) is 0 Å². The van der Waals surface area contributed by atoms with Gasteiger partial charge >= 0.3 is 0 Å². The number of nitrogens with one attached hydrogen (secondary N) is 1. The smallest absolute Gasteiger partial charge is 0.263 e. The molecule has 1 aliphatic heterocycles. The second kappa shape index (κ2) is 4.94. The van der Waals surface area contributed by atoms with E-state index in [1.807, 2.05) is 30.3 Å². The first-order valence-corrected chi connectivity index (χ1v) is 6.67. The van der Waals surface area contributed by atoms with Crippen molar-refractivity contribution in [1.82, 2.24) is 20.3 Å². The van der Waals surface area contributed by atoms with Gasteiger partial charge in [0.2, 0.25) is 0 Å². The summed E-state index contributed by atoms with van der Waals surface area (Å²) in [6, 6.07) is 9.64. The molecule has 0 atom stereocenters. The second-order valence-corrected chi connectivity index (χ2v) is 5.49. The van der Waals surface area contributed by atoms with Gasteiger partial charge in [0.05, 0.1) is 16.8 Å². The summed E-state index contributed by atoms with van der Waals surface area (Å²) in [5, 5.41) is 10.6. The Kier molecular flexibility index (Phi) is 3.14. The molecule has 2 aromatic rings. The predicted molar refractivity (Wildman–Crippen MR) is 77.7 cm³/mol. The zero-order chi connectivity index (χ0) is 13.2. The monoisotopic (exact) mass is 288 g/mol. The minimum Gasteiger partial charge on any atom is -0.307 e. The van der Waals surface area contributed by atoms with E-state index in [1.54, 1.807) is 17.0 Å². The van der Waals surface area contributed by atoms with Crippen molar-refractivity contribution in [2.45, 2.75) is 0 Å². The maximum absolute atomic E-state index is 11.5. The Morgan fingerprint density at radius 2 is 2.11 bits per heavy atom. The molecule has 7 heteroatoms. The van der Waals surface area contributed by atoms with Crippen LogP contribution >= 0.6 is 24.0 Å². The normalized spacial score (nSPS) is 16.9. The number of amides is 1. The van der Waals surface area contributed by atoms with E-state index in [-0.39, 0.29) is 5.91 Å². The largest absolute Gasteiger partial charge is 0.307 e. The number of rotatable bonds is 2. The van der Waals surface area contributed by atoms with E-state index in [2.05, 4.69) is 15.6 Å². The second-order valence-electron chi connectivity index (χ2n) is 3.78. The molecule has 2 heterocycles. The molecule has 3 rings (SSSR count). The zero-order valence-electron chi connectivity index (χ0n) is 9.61. The van der Waals surface area contributed by atoms with Gasteiger partial charge in [-0.1, -0.05) is 47.4 Å². The Hall–Kier alpha value is -1.99. The summed E-state index contributed by atoms with van der Waals surface area (Å²) in [6.07, 6.45) is 3.43. The molecular formula is C12H8N4OS2. The van der Waals surface area contributed by atoms with Crippen LogP contribution in [0.25, 0.3) is 11.8 Å². The van der Waals surface area contributed by atoms with Crippen molar-refractivity contribution in [2.75, 3.05) is 0 Å². The molecule has 1 N–H and O–H groups in total. The number of hydrogen-bond acceptors (Lipinski definition) is 5. The molecule has 1 fully saturated rings. The van der Waals surface area contributed by atoms with Crippen LogP contribution in [0.4, 0.5) is 0 Å². The van der Waals surface area contributed by atoms with Gasteiger partial charge in [-0.15, -0.1) is 5.10 Å². The molecular weight excluding hydrogens is 280 g/mol. The Morgan fingerprint density at radius 3 is 2.79 bits per heavy atom. The lowest BCUT2D eigenvalue weighted by molar-refractivity contribution is -0.115. The third kappa shape index (κ3) is 2.56. The lowest BCUT2D eigenvalue weighted by Gasteiger charge is -1.96. The van der Waals surface area contributed by atoms with Crippen LogP contribution in [-0.4, -0.2) is 25.2 Å². The van der Waals surface area contributed by atoms with E-state index in [0.29, 0.717) is 14.9 Å². The van der Waals surface area contributed by atoms with Crippen LogP contribution in [-0.2, 0) is 4.79 Å². The number of thiocarbonyl (C=S) groups is 1. The number of nitrogens with zero attached hydrogens (tertiary/aromatic N) is 3. The van der Waals surface area contributed by atoms with Gasteiger partial charge in [0.1, 0.15) is 10.0 Å². The number of thioether (sulfide) groups is 1. The van der Waals surface area contributed by atoms with Crippen molar-refractivity contribution in [3.05, 3.63) is 47.1 Å². The summed E-state index contributed by atoms with van der Waals surface area (Å²) in [5.41, 5.74) is 1.53. The highest BCUT2D eigenvalue weighted by atomic mass is 32.2. The van der Waals surface area contributed by atoms with Gasteiger partial charge in [0.25, 0.3) is 5.91 Å². The van der Waals surface area contributed by atoms with Gasteiger partial charge in [-0.2, -0.15) is 0 Å². The van der Waals surface area contributed by atoms with Gasteiger partial charge in [0, 0.05) is 0 Å². The highest BCUT2D eigenvalue weighted by molar-refractivity contribution is 8.26. The molecule has 1 aliphatic rings. The Balaban J connectivity index is 1.89. The molecule has 5 nitrogen and oxygen atoms in total. The average molecular weight is 288 g/mol. The first-order chi connectivity index (χ1) is 9.22. The first-order valence-electron chi connectivity index (χ1n) is 5.45. The third-order valence-electron chi connectivity index (χ3n) is 2.45. The molecule has 0 aliphatic carbocycles. The molecule has 19 heavy (non-hydrogen) atoms. The summed E-state index contributed by atoms with van der Waals surface area (Å²) in [6.45, 7) is 0. The fourth-order valence-corrected chi connectivity index (χ4v) is 2.63. The SMILES string of the molecule is O=C1NC(=S)S/C1=C/c1cn(-c2ccccc2)nn1. The minimum atomic E-state index is -0.190. The highest BCUT2D eigenvalue weighted by Gasteiger charge is 2.22. The van der Waals surface area contributed by atoms with Crippen LogP contribution in [0.2, 0.25) is 0 Å². The summed E-state index contributed by atoms with van der Waals surface area (Å²) < 4.78 is 2.12. The van der Waals surface area contributed by atoms with Crippen LogP contribution in [0.15, 0.2) is 41.4 Å². The minimum absolute atomic E-state index is 0.190. The zero-order valence-corrected chi connectivity index (χ0v) is 11.2. The van der Waals surface area contributed by atoms with E-state index in [9.17, 15) is 4.79 Å². The molecule has 0 spiro atoms. The molecule has 0 bridgehead atoms. The average Bonchev–Trinajstić information content (AvgIpc) is 2.99. The number of aromatic nitrogens is 3. The van der Waals surface area contributed by atoms with Crippen molar-refractivity contribution < 1.29 is 4.79 Å². The van der Waals surface area contributed by atoms with Crippen LogP contribution < -0.4 is 5.32 Å². The van der Waals surface area contributed by atoms with E-state index in [1.165, 1.54) is 11.8 Å². The molecule has 94 valence electrons. The lowest BCUT2D eigenvalue weighted by atomic mass is 10.3. The number of carbonyl (C=O) groups is 1. The van der Waals surface area contributed by atoms with E-state index >= 15 is 0 Å². The van der Waals surface area contributed by atoms with Crippen LogP contribution in [0, 0.1) is 0 Å². The van der Waals surface area contributed by atoms with Crippen molar-refractivity contribution in [1.29, 1.82) is 0 Å². The molecule has 1 aromatic heterocycles. The van der Waals surface area contributed by atoms with Gasteiger partial charge in [-0.3, -0.25) is 4.79 Å². The molecule has 1 amide bonds. The lowest BCUT2D eigenvalue weighted by Crippen LogP contribution is -2.17. The van der Waals surface area contributed by atoms with Crippen LogP contribution in [0.3, 0.4) is 0 Å². The summed E-state index contributed by atoms with van der Waals surface area (Å²) in [5.74, 6) is -0.190. The van der Waals surface area contributed by atoms with Crippen molar-refractivity contribution >= 4 is 40.3 Å². The molecule has 1 saturated heterocycles. The number of carbonyl (C=O) groups excluding carboxylic acids is 1. The maximum Gasteiger partial charge on any atom is 0.263 e. The van der Waals surface area contributed by atoms with Gasteiger partial charge < -0.3 is 5.32 Å². The number of hydrogen-bond donors (Lipinski definition) is 1. The fraction of sp³-hybridized carbons (Fsp3) is 0. The topological polar surface area (TPSA) is 59.8 Å². The Morgan fingerprint density at radius 1 is 1.32 bits per heavy atom. The quantitative estimate of drug-likeness (QED) is 0.674. The maximum atomic E-state index is 11.5. The van der Waals surface area contributed by atoms with Crippen LogP contribution in [0.1, 0.15) is 5.69 Å². The molecule has 0 saturated carbocycles. The Labute approximate surface area is 118 Å². The van der Waals surface area contributed by atoms with E-state index in [0.717, 1.165) is 5.69 Å². The first kappa shape index (κ1) is 12.1. The Bertz CT molecular complexity index is 678. The summed E-state index contributed by atoms with van der Waals surface area (Å²) in [4.78, 5) is 12.1. The van der Waals surface area contributed by atoms with Gasteiger partial charge in [-0.05, 0) is 18.2 Å². The fourth-order valence-electron chi connectivity index (χ4n) is 1.61. The summed E-state index contributed by atoms with van der Waals surface area (Å²) in [7, 11) is 0. The van der Waals surface area contributed by atoms with Crippen molar-refractivity contribution in [3.63, 3.8) is 0 Å². The van der Waals surface area contributed by atoms with Gasteiger partial charge in [0.15, 0.2) is 0 Å². The number of para-hydroxylation sites is 1. The van der Waals surface area contributed by atoms with Gasteiger partial charge in [-0.25, -0.2) is 4.68 Å². The molecule has 0 radical (unpaired) electrons.